The average molecular weight is 289 g/mol. The van der Waals surface area contributed by atoms with Crippen LogP contribution in [0.4, 0.5) is 11.4 Å². The van der Waals surface area contributed by atoms with Crippen LogP contribution in [-0.4, -0.2) is 29.4 Å². The summed E-state index contributed by atoms with van der Waals surface area (Å²) >= 11 is 0. The van der Waals surface area contributed by atoms with E-state index in [1.807, 2.05) is 25.1 Å². The van der Waals surface area contributed by atoms with Crippen molar-refractivity contribution in [3.05, 3.63) is 24.3 Å². The smallest absolute Gasteiger partial charge is 0.241 e. The minimum atomic E-state index is -0.115. The molecule has 1 aromatic rings. The summed E-state index contributed by atoms with van der Waals surface area (Å²) in [6.07, 6.45) is 3.55. The molecule has 4 heteroatoms. The maximum absolute atomic E-state index is 12.5. The zero-order valence-electron chi connectivity index (χ0n) is 13.3. The fraction of sp³-hybridized carbons (Fsp3) is 0.588. The van der Waals surface area contributed by atoms with Gasteiger partial charge in [0.15, 0.2) is 0 Å². The number of carbonyl (C=O) groups is 1. The van der Waals surface area contributed by atoms with Crippen LogP contribution < -0.4 is 11.1 Å². The van der Waals surface area contributed by atoms with Crippen molar-refractivity contribution in [2.24, 2.45) is 5.92 Å². The molecule has 21 heavy (non-hydrogen) atoms. The molecule has 1 aromatic carbocycles. The van der Waals surface area contributed by atoms with Gasteiger partial charge in [0, 0.05) is 6.04 Å². The van der Waals surface area contributed by atoms with E-state index in [1.165, 1.54) is 12.8 Å². The first-order valence-electron chi connectivity index (χ1n) is 7.90. The van der Waals surface area contributed by atoms with Gasteiger partial charge in [-0.2, -0.15) is 0 Å². The summed E-state index contributed by atoms with van der Waals surface area (Å²) in [5, 5.41) is 2.96. The predicted molar refractivity (Wildman–Crippen MR) is 88.1 cm³/mol. The Hall–Kier alpha value is -1.55. The van der Waals surface area contributed by atoms with E-state index in [4.69, 9.17) is 5.73 Å². The maximum Gasteiger partial charge on any atom is 0.241 e. The topological polar surface area (TPSA) is 58.4 Å². The van der Waals surface area contributed by atoms with E-state index in [-0.39, 0.29) is 11.9 Å². The number of rotatable bonds is 7. The van der Waals surface area contributed by atoms with Crippen molar-refractivity contribution in [2.45, 2.75) is 52.1 Å². The Morgan fingerprint density at radius 1 is 1.33 bits per heavy atom. The van der Waals surface area contributed by atoms with Crippen LogP contribution in [0.3, 0.4) is 0 Å². The summed E-state index contributed by atoms with van der Waals surface area (Å²) in [4.78, 5) is 14.8. The third-order valence-corrected chi connectivity index (χ3v) is 4.08. The fourth-order valence-corrected chi connectivity index (χ4v) is 2.50. The number of nitrogens with zero attached hydrogens (tertiary/aromatic N) is 1. The lowest BCUT2D eigenvalue weighted by Gasteiger charge is -2.29. The minimum Gasteiger partial charge on any atom is -0.397 e. The van der Waals surface area contributed by atoms with Crippen molar-refractivity contribution in [3.8, 4) is 0 Å². The molecule has 0 bridgehead atoms. The van der Waals surface area contributed by atoms with Gasteiger partial charge in [-0.3, -0.25) is 9.69 Å². The first kappa shape index (κ1) is 15.8. The number of nitrogens with one attached hydrogen (secondary N) is 1. The van der Waals surface area contributed by atoms with Crippen molar-refractivity contribution in [1.82, 2.24) is 4.90 Å². The molecule has 1 unspecified atom stereocenters. The summed E-state index contributed by atoms with van der Waals surface area (Å²) in [7, 11) is 0. The number of para-hydroxylation sites is 2. The van der Waals surface area contributed by atoms with E-state index in [1.54, 1.807) is 6.07 Å². The molecule has 2 rings (SSSR count). The molecular formula is C17H27N3O. The normalized spacial score (nSPS) is 16.2. The maximum atomic E-state index is 12.5. The number of hydrogen-bond acceptors (Lipinski definition) is 3. The monoisotopic (exact) mass is 289 g/mol. The van der Waals surface area contributed by atoms with Crippen LogP contribution in [0.15, 0.2) is 24.3 Å². The number of carbonyl (C=O) groups excluding carboxylic acids is 1. The summed E-state index contributed by atoms with van der Waals surface area (Å²) in [5.74, 6) is 0.690. The van der Waals surface area contributed by atoms with Crippen LogP contribution in [0, 0.1) is 5.92 Å². The molecule has 1 saturated carbocycles. The highest BCUT2D eigenvalue weighted by atomic mass is 16.2. The van der Waals surface area contributed by atoms with Gasteiger partial charge in [0.1, 0.15) is 0 Å². The Bertz CT molecular complexity index is 483. The first-order chi connectivity index (χ1) is 9.99. The van der Waals surface area contributed by atoms with Crippen molar-refractivity contribution >= 4 is 17.3 Å². The molecule has 3 N–H and O–H groups in total. The Balaban J connectivity index is 1.97. The van der Waals surface area contributed by atoms with Gasteiger partial charge in [-0.15, -0.1) is 0 Å². The summed E-state index contributed by atoms with van der Waals surface area (Å²) in [5.41, 5.74) is 7.20. The minimum absolute atomic E-state index is 0.0311. The van der Waals surface area contributed by atoms with Gasteiger partial charge in [0.25, 0.3) is 0 Å². The van der Waals surface area contributed by atoms with Crippen LogP contribution in [-0.2, 0) is 4.79 Å². The van der Waals surface area contributed by atoms with Gasteiger partial charge in [-0.05, 0) is 50.8 Å². The van der Waals surface area contributed by atoms with Crippen molar-refractivity contribution in [2.75, 3.05) is 17.6 Å². The molecule has 0 aromatic heterocycles. The molecule has 1 fully saturated rings. The van der Waals surface area contributed by atoms with Gasteiger partial charge in [-0.1, -0.05) is 26.0 Å². The molecule has 1 aliphatic carbocycles. The molecule has 1 aliphatic rings. The van der Waals surface area contributed by atoms with E-state index >= 15 is 0 Å². The summed E-state index contributed by atoms with van der Waals surface area (Å²) in [6.45, 7) is 7.43. The Morgan fingerprint density at radius 3 is 2.57 bits per heavy atom. The van der Waals surface area contributed by atoms with Gasteiger partial charge < -0.3 is 11.1 Å². The predicted octanol–water partition coefficient (Wildman–Crippen LogP) is 3.11. The molecule has 4 nitrogen and oxygen atoms in total. The molecule has 0 radical (unpaired) electrons. The molecule has 0 aliphatic heterocycles. The molecule has 1 atom stereocenters. The highest BCUT2D eigenvalue weighted by Crippen LogP contribution is 2.29. The van der Waals surface area contributed by atoms with Crippen LogP contribution in [0.25, 0.3) is 0 Å². The fourth-order valence-electron chi connectivity index (χ4n) is 2.50. The lowest BCUT2D eigenvalue weighted by molar-refractivity contribution is -0.121. The Kier molecular flexibility index (Phi) is 5.23. The van der Waals surface area contributed by atoms with Crippen molar-refractivity contribution < 1.29 is 4.79 Å². The molecule has 1 amide bonds. The van der Waals surface area contributed by atoms with E-state index in [2.05, 4.69) is 24.1 Å². The van der Waals surface area contributed by atoms with Crippen LogP contribution in [0.2, 0.25) is 0 Å². The zero-order chi connectivity index (χ0) is 15.4. The van der Waals surface area contributed by atoms with Gasteiger partial charge in [0.05, 0.1) is 17.4 Å². The van der Waals surface area contributed by atoms with Crippen molar-refractivity contribution in [1.29, 1.82) is 0 Å². The van der Waals surface area contributed by atoms with E-state index in [9.17, 15) is 4.79 Å². The second-order valence-corrected chi connectivity index (χ2v) is 6.40. The highest BCUT2D eigenvalue weighted by Gasteiger charge is 2.34. The number of nitrogens with two attached hydrogens (primary N) is 1. The standard InChI is InChI=1S/C17H27N3O/c1-12(2)10-11-20(14-8-9-14)13(3)17(21)19-16-7-5-4-6-15(16)18/h4-7,12-14H,8-11,18H2,1-3H3,(H,19,21). The van der Waals surface area contributed by atoms with E-state index in [0.717, 1.165) is 13.0 Å². The molecule has 0 heterocycles. The van der Waals surface area contributed by atoms with Gasteiger partial charge in [-0.25, -0.2) is 0 Å². The SMILES string of the molecule is CC(C)CCN(C1CC1)C(C)C(=O)Nc1ccccc1N. The van der Waals surface area contributed by atoms with Gasteiger partial charge in [0.2, 0.25) is 5.91 Å². The average Bonchev–Trinajstić information content (AvgIpc) is 3.25. The molecule has 116 valence electrons. The number of hydrogen-bond donors (Lipinski definition) is 2. The van der Waals surface area contributed by atoms with Crippen LogP contribution >= 0.6 is 0 Å². The third kappa shape index (κ3) is 4.46. The van der Waals surface area contributed by atoms with Crippen LogP contribution in [0.1, 0.15) is 40.0 Å². The van der Waals surface area contributed by atoms with Crippen molar-refractivity contribution in [3.63, 3.8) is 0 Å². The first-order valence-corrected chi connectivity index (χ1v) is 7.90. The number of amides is 1. The molecular weight excluding hydrogens is 262 g/mol. The molecule has 0 spiro atoms. The number of anilines is 2. The quantitative estimate of drug-likeness (QED) is 0.758. The summed E-state index contributed by atoms with van der Waals surface area (Å²) in [6, 6.07) is 7.86. The van der Waals surface area contributed by atoms with E-state index < -0.39 is 0 Å². The molecule has 0 saturated heterocycles. The van der Waals surface area contributed by atoms with E-state index in [0.29, 0.717) is 23.3 Å². The Morgan fingerprint density at radius 2 is 2.00 bits per heavy atom. The zero-order valence-corrected chi connectivity index (χ0v) is 13.3. The number of benzene rings is 1. The van der Waals surface area contributed by atoms with Gasteiger partial charge >= 0.3 is 0 Å². The lowest BCUT2D eigenvalue weighted by Crippen LogP contribution is -2.44. The third-order valence-electron chi connectivity index (χ3n) is 4.08. The second-order valence-electron chi connectivity index (χ2n) is 6.40. The number of nitrogen functional groups attached to an aromatic ring is 1. The Labute approximate surface area is 127 Å². The largest absolute Gasteiger partial charge is 0.397 e. The second kappa shape index (κ2) is 6.94. The highest BCUT2D eigenvalue weighted by molar-refractivity contribution is 5.97. The summed E-state index contributed by atoms with van der Waals surface area (Å²) < 4.78 is 0. The van der Waals surface area contributed by atoms with Crippen LogP contribution in [0.5, 0.6) is 0 Å². The lowest BCUT2D eigenvalue weighted by atomic mass is 10.1.